The van der Waals surface area contributed by atoms with E-state index in [0.29, 0.717) is 23.7 Å². The third-order valence-corrected chi connectivity index (χ3v) is 6.72. The van der Waals surface area contributed by atoms with Gasteiger partial charge in [-0.2, -0.15) is 4.31 Å². The standard InChI is InChI=1S/C19H21ClN2O3S/c1-14-10-11-15(20)13-17(14)21-19(23)18-9-5-6-12-22(18)26(24,25)16-7-3-2-4-8-16/h2-4,7-8,10-11,13,18H,5-6,9,12H2,1H3,(H,21,23). The summed E-state index contributed by atoms with van der Waals surface area (Å²) in [4.78, 5) is 13.1. The van der Waals surface area contributed by atoms with E-state index in [4.69, 9.17) is 11.6 Å². The molecule has 1 fully saturated rings. The molecule has 0 aliphatic carbocycles. The van der Waals surface area contributed by atoms with E-state index in [2.05, 4.69) is 5.32 Å². The number of amides is 1. The van der Waals surface area contributed by atoms with Crippen molar-refractivity contribution >= 4 is 33.2 Å². The van der Waals surface area contributed by atoms with Crippen LogP contribution in [-0.2, 0) is 14.8 Å². The molecule has 1 heterocycles. The van der Waals surface area contributed by atoms with E-state index in [0.717, 1.165) is 18.4 Å². The van der Waals surface area contributed by atoms with Gasteiger partial charge in [0.05, 0.1) is 4.90 Å². The predicted octanol–water partition coefficient (Wildman–Crippen LogP) is 3.83. The molecule has 2 aromatic carbocycles. The molecule has 1 atom stereocenters. The Kier molecular flexibility index (Phi) is 5.65. The van der Waals surface area contributed by atoms with Crippen LogP contribution in [0.4, 0.5) is 5.69 Å². The van der Waals surface area contributed by atoms with E-state index < -0.39 is 16.1 Å². The molecule has 3 rings (SSSR count). The van der Waals surface area contributed by atoms with Gasteiger partial charge in [0.25, 0.3) is 0 Å². The first kappa shape index (κ1) is 18.9. The van der Waals surface area contributed by atoms with Gasteiger partial charge in [0, 0.05) is 17.3 Å². The number of carbonyl (C=O) groups is 1. The smallest absolute Gasteiger partial charge is 0.243 e. The molecule has 1 amide bonds. The van der Waals surface area contributed by atoms with E-state index in [1.54, 1.807) is 42.5 Å². The average molecular weight is 393 g/mol. The molecule has 1 N–H and O–H groups in total. The Balaban J connectivity index is 1.87. The number of anilines is 1. The summed E-state index contributed by atoms with van der Waals surface area (Å²) in [6.45, 7) is 2.20. The summed E-state index contributed by atoms with van der Waals surface area (Å²) in [6.07, 6.45) is 2.05. The molecule has 0 aromatic heterocycles. The first-order chi connectivity index (χ1) is 12.4. The number of piperidine rings is 1. The van der Waals surface area contributed by atoms with Gasteiger partial charge in [-0.3, -0.25) is 4.79 Å². The second-order valence-electron chi connectivity index (χ2n) is 6.39. The molecule has 0 spiro atoms. The summed E-state index contributed by atoms with van der Waals surface area (Å²) < 4.78 is 27.3. The molecular formula is C19H21ClN2O3S. The van der Waals surface area contributed by atoms with Crippen molar-refractivity contribution in [1.29, 1.82) is 0 Å². The highest BCUT2D eigenvalue weighted by atomic mass is 35.5. The summed E-state index contributed by atoms with van der Waals surface area (Å²) in [7, 11) is -3.72. The van der Waals surface area contributed by atoms with Crippen molar-refractivity contribution in [2.45, 2.75) is 37.1 Å². The Hall–Kier alpha value is -1.89. The zero-order valence-corrected chi connectivity index (χ0v) is 16.1. The molecule has 1 saturated heterocycles. The number of nitrogens with zero attached hydrogens (tertiary/aromatic N) is 1. The lowest BCUT2D eigenvalue weighted by Crippen LogP contribution is -2.49. The van der Waals surface area contributed by atoms with Crippen molar-refractivity contribution in [3.8, 4) is 0 Å². The third-order valence-electron chi connectivity index (χ3n) is 4.56. The van der Waals surface area contributed by atoms with Crippen LogP contribution in [0.25, 0.3) is 0 Å². The van der Waals surface area contributed by atoms with Crippen LogP contribution in [-0.4, -0.2) is 31.2 Å². The lowest BCUT2D eigenvalue weighted by Gasteiger charge is -2.33. The molecule has 1 unspecified atom stereocenters. The summed E-state index contributed by atoms with van der Waals surface area (Å²) in [5.74, 6) is -0.324. The Morgan fingerprint density at radius 1 is 1.15 bits per heavy atom. The first-order valence-corrected chi connectivity index (χ1v) is 10.4. The predicted molar refractivity (Wildman–Crippen MR) is 103 cm³/mol. The zero-order valence-electron chi connectivity index (χ0n) is 14.5. The summed E-state index contributed by atoms with van der Waals surface area (Å²) in [5, 5.41) is 3.36. The van der Waals surface area contributed by atoms with Gasteiger partial charge in [0.15, 0.2) is 0 Å². The van der Waals surface area contributed by atoms with Crippen LogP contribution in [0.2, 0.25) is 5.02 Å². The topological polar surface area (TPSA) is 66.5 Å². The maximum absolute atomic E-state index is 13.0. The van der Waals surface area contributed by atoms with E-state index in [9.17, 15) is 13.2 Å². The van der Waals surface area contributed by atoms with E-state index in [1.165, 1.54) is 4.31 Å². The normalized spacial score (nSPS) is 18.5. The van der Waals surface area contributed by atoms with Crippen molar-refractivity contribution in [3.63, 3.8) is 0 Å². The zero-order chi connectivity index (χ0) is 18.7. The number of benzene rings is 2. The lowest BCUT2D eigenvalue weighted by atomic mass is 10.0. The van der Waals surface area contributed by atoms with E-state index in [-0.39, 0.29) is 10.8 Å². The quantitative estimate of drug-likeness (QED) is 0.859. The fraction of sp³-hybridized carbons (Fsp3) is 0.316. The molecule has 0 saturated carbocycles. The maximum atomic E-state index is 13.0. The van der Waals surface area contributed by atoms with Crippen molar-refractivity contribution in [2.75, 3.05) is 11.9 Å². The Morgan fingerprint density at radius 3 is 2.62 bits per heavy atom. The van der Waals surface area contributed by atoms with Crippen LogP contribution in [0.15, 0.2) is 53.4 Å². The van der Waals surface area contributed by atoms with E-state index in [1.807, 2.05) is 13.0 Å². The molecule has 138 valence electrons. The highest BCUT2D eigenvalue weighted by Gasteiger charge is 2.37. The number of sulfonamides is 1. The SMILES string of the molecule is Cc1ccc(Cl)cc1NC(=O)C1CCCCN1S(=O)(=O)c1ccccc1. The van der Waals surface area contributed by atoms with Gasteiger partial charge < -0.3 is 5.32 Å². The Labute approximate surface area is 159 Å². The maximum Gasteiger partial charge on any atom is 0.243 e. The molecule has 5 nitrogen and oxygen atoms in total. The highest BCUT2D eigenvalue weighted by molar-refractivity contribution is 7.89. The number of aryl methyl sites for hydroxylation is 1. The number of hydrogen-bond acceptors (Lipinski definition) is 3. The minimum Gasteiger partial charge on any atom is -0.324 e. The van der Waals surface area contributed by atoms with Crippen molar-refractivity contribution in [1.82, 2.24) is 4.31 Å². The molecule has 1 aliphatic rings. The molecule has 7 heteroatoms. The van der Waals surface area contributed by atoms with Crippen molar-refractivity contribution in [2.24, 2.45) is 0 Å². The Morgan fingerprint density at radius 2 is 1.88 bits per heavy atom. The lowest BCUT2D eigenvalue weighted by molar-refractivity contribution is -0.120. The van der Waals surface area contributed by atoms with Crippen LogP contribution in [0.5, 0.6) is 0 Å². The second-order valence-corrected chi connectivity index (χ2v) is 8.72. The van der Waals surface area contributed by atoms with Gasteiger partial charge in [0.2, 0.25) is 15.9 Å². The number of hydrogen-bond donors (Lipinski definition) is 1. The van der Waals surface area contributed by atoms with Gasteiger partial charge in [-0.1, -0.05) is 42.3 Å². The average Bonchev–Trinajstić information content (AvgIpc) is 2.65. The van der Waals surface area contributed by atoms with Gasteiger partial charge in [-0.05, 0) is 49.6 Å². The van der Waals surface area contributed by atoms with Crippen LogP contribution in [0.1, 0.15) is 24.8 Å². The summed E-state index contributed by atoms with van der Waals surface area (Å²) >= 11 is 6.01. The first-order valence-electron chi connectivity index (χ1n) is 8.53. The largest absolute Gasteiger partial charge is 0.324 e. The molecule has 26 heavy (non-hydrogen) atoms. The van der Waals surface area contributed by atoms with Crippen molar-refractivity contribution in [3.05, 3.63) is 59.1 Å². The minimum absolute atomic E-state index is 0.207. The molecule has 0 bridgehead atoms. The monoisotopic (exact) mass is 392 g/mol. The van der Waals surface area contributed by atoms with Crippen LogP contribution < -0.4 is 5.32 Å². The number of nitrogens with one attached hydrogen (secondary N) is 1. The number of halogens is 1. The molecule has 2 aromatic rings. The van der Waals surface area contributed by atoms with Gasteiger partial charge in [0.1, 0.15) is 6.04 Å². The molecule has 0 radical (unpaired) electrons. The van der Waals surface area contributed by atoms with Crippen LogP contribution in [0, 0.1) is 6.92 Å². The minimum atomic E-state index is -3.72. The third kappa shape index (κ3) is 3.92. The Bertz CT molecular complexity index is 900. The van der Waals surface area contributed by atoms with E-state index >= 15 is 0 Å². The molecule has 1 aliphatic heterocycles. The fourth-order valence-corrected chi connectivity index (χ4v) is 4.98. The summed E-state index contributed by atoms with van der Waals surface area (Å²) in [5.41, 5.74) is 1.47. The van der Waals surface area contributed by atoms with Gasteiger partial charge in [-0.15, -0.1) is 0 Å². The van der Waals surface area contributed by atoms with Gasteiger partial charge in [-0.25, -0.2) is 8.42 Å². The van der Waals surface area contributed by atoms with Crippen LogP contribution >= 0.6 is 11.6 Å². The number of rotatable bonds is 4. The molecular weight excluding hydrogens is 372 g/mol. The van der Waals surface area contributed by atoms with Crippen LogP contribution in [0.3, 0.4) is 0 Å². The fourth-order valence-electron chi connectivity index (χ4n) is 3.13. The van der Waals surface area contributed by atoms with Gasteiger partial charge >= 0.3 is 0 Å². The second kappa shape index (κ2) is 7.78. The van der Waals surface area contributed by atoms with Crippen molar-refractivity contribution < 1.29 is 13.2 Å². The highest BCUT2D eigenvalue weighted by Crippen LogP contribution is 2.27. The summed E-state index contributed by atoms with van der Waals surface area (Å²) in [6, 6.07) is 12.8. The number of carbonyl (C=O) groups excluding carboxylic acids is 1.